The van der Waals surface area contributed by atoms with Gasteiger partial charge in [0.2, 0.25) is 12.3 Å². The zero-order valence-corrected chi connectivity index (χ0v) is 33.0. The van der Waals surface area contributed by atoms with Crippen LogP contribution in [0, 0.1) is 13.8 Å². The molecule has 0 saturated carbocycles. The highest BCUT2D eigenvalue weighted by Crippen LogP contribution is 2.40. The van der Waals surface area contributed by atoms with Crippen LogP contribution in [-0.2, 0) is 40.0 Å². The lowest BCUT2D eigenvalue weighted by molar-refractivity contribution is -0.120. The van der Waals surface area contributed by atoms with Crippen LogP contribution in [0.25, 0.3) is 0 Å². The SMILES string of the molecule is Cc1ccc(CNC(=O)Cc2cccc(CC(C)(C)NC[C@@H](O[Si](C)(C)C(C)(C)C)c3ccc(OCc4ccccc4)c(NC=O)c3)c2)cc1C. The van der Waals surface area contributed by atoms with E-state index < -0.39 is 8.32 Å². The highest BCUT2D eigenvalue weighted by Gasteiger charge is 2.40. The molecule has 1 atom stereocenters. The van der Waals surface area contributed by atoms with E-state index in [4.69, 9.17) is 9.16 Å². The number of carbonyl (C=O) groups excluding carboxylic acids is 2. The van der Waals surface area contributed by atoms with Crippen molar-refractivity contribution in [1.82, 2.24) is 10.6 Å². The van der Waals surface area contributed by atoms with Gasteiger partial charge in [-0.1, -0.05) is 99.6 Å². The number of aryl methyl sites for hydroxylation is 2. The molecule has 4 aromatic rings. The Morgan fingerprint density at radius 1 is 0.804 bits per heavy atom. The van der Waals surface area contributed by atoms with Crippen molar-refractivity contribution in [2.75, 3.05) is 11.9 Å². The summed E-state index contributed by atoms with van der Waals surface area (Å²) in [4.78, 5) is 24.5. The normalized spacial score (nSPS) is 12.6. The van der Waals surface area contributed by atoms with Gasteiger partial charge < -0.3 is 25.1 Å². The Balaban J connectivity index is 1.45. The lowest BCUT2D eigenvalue weighted by Crippen LogP contribution is -2.47. The molecule has 0 saturated heterocycles. The molecular weight excluding hydrogens is 651 g/mol. The monoisotopic (exact) mass is 707 g/mol. The van der Waals surface area contributed by atoms with E-state index in [9.17, 15) is 9.59 Å². The van der Waals surface area contributed by atoms with E-state index in [1.807, 2.05) is 60.7 Å². The maximum absolute atomic E-state index is 12.9. The molecule has 8 heteroatoms. The predicted octanol–water partition coefficient (Wildman–Crippen LogP) is 8.98. The molecule has 51 heavy (non-hydrogen) atoms. The van der Waals surface area contributed by atoms with Gasteiger partial charge in [-0.25, -0.2) is 0 Å². The van der Waals surface area contributed by atoms with Crippen LogP contribution in [0.5, 0.6) is 5.75 Å². The maximum atomic E-state index is 12.9. The first-order valence-electron chi connectivity index (χ1n) is 17.9. The number of benzene rings is 4. The molecule has 0 radical (unpaired) electrons. The van der Waals surface area contributed by atoms with Crippen molar-refractivity contribution in [3.05, 3.63) is 130 Å². The van der Waals surface area contributed by atoms with Crippen LogP contribution in [0.2, 0.25) is 18.1 Å². The van der Waals surface area contributed by atoms with E-state index in [0.29, 0.717) is 44.0 Å². The van der Waals surface area contributed by atoms with Crippen molar-refractivity contribution in [2.24, 2.45) is 0 Å². The summed E-state index contributed by atoms with van der Waals surface area (Å²) in [5.74, 6) is 0.612. The molecule has 2 amide bonds. The molecule has 0 fully saturated rings. The summed E-state index contributed by atoms with van der Waals surface area (Å²) in [6.07, 6.45) is 1.52. The molecule has 0 aliphatic rings. The van der Waals surface area contributed by atoms with Crippen molar-refractivity contribution in [2.45, 2.75) is 104 Å². The summed E-state index contributed by atoms with van der Waals surface area (Å²) in [6, 6.07) is 30.5. The zero-order chi connectivity index (χ0) is 37.2. The lowest BCUT2D eigenvalue weighted by atomic mass is 9.93. The number of anilines is 1. The van der Waals surface area contributed by atoms with Gasteiger partial charge in [0.25, 0.3) is 0 Å². The summed E-state index contributed by atoms with van der Waals surface area (Å²) in [6.45, 7) is 21.3. The number of nitrogens with one attached hydrogen (secondary N) is 3. The molecule has 4 aromatic carbocycles. The van der Waals surface area contributed by atoms with Gasteiger partial charge in [-0.2, -0.15) is 0 Å². The number of amides is 2. The first-order chi connectivity index (χ1) is 24.0. The molecule has 7 nitrogen and oxygen atoms in total. The molecule has 0 heterocycles. The van der Waals surface area contributed by atoms with Crippen LogP contribution in [0.15, 0.2) is 91.0 Å². The number of hydrogen-bond acceptors (Lipinski definition) is 5. The van der Waals surface area contributed by atoms with Gasteiger partial charge in [-0.3, -0.25) is 9.59 Å². The Hall–Kier alpha value is -4.24. The molecule has 0 aliphatic carbocycles. The number of carbonyl (C=O) groups is 2. The molecular formula is C43H57N3O4Si. The molecule has 272 valence electrons. The average Bonchev–Trinajstić information content (AvgIpc) is 3.06. The minimum atomic E-state index is -2.19. The number of rotatable bonds is 17. The van der Waals surface area contributed by atoms with E-state index in [1.54, 1.807) is 0 Å². The molecule has 3 N–H and O–H groups in total. The van der Waals surface area contributed by atoms with Gasteiger partial charge in [-0.15, -0.1) is 0 Å². The smallest absolute Gasteiger partial charge is 0.224 e. The van der Waals surface area contributed by atoms with Crippen LogP contribution in [0.1, 0.15) is 79.7 Å². The fourth-order valence-electron chi connectivity index (χ4n) is 5.70. The highest BCUT2D eigenvalue weighted by atomic mass is 28.4. The minimum Gasteiger partial charge on any atom is -0.487 e. The standard InChI is InChI=1S/C43H57N3O4Si/c1-31-18-19-36(22-32(31)2)27-44-41(48)24-34-16-13-17-35(23-34)26-43(6,7)46-28-40(50-51(8,9)42(3,4)5)37-20-21-39(38(25-37)45-30-47)49-29-33-14-11-10-12-15-33/h10-23,25,30,40,46H,24,26-29H2,1-9H3,(H,44,48)(H,45,47)/t40-/m1/s1. The van der Waals surface area contributed by atoms with Gasteiger partial charge in [-0.05, 0) is 103 Å². The van der Waals surface area contributed by atoms with E-state index in [-0.39, 0.29) is 22.6 Å². The second kappa shape index (κ2) is 17.3. The summed E-state index contributed by atoms with van der Waals surface area (Å²) >= 11 is 0. The fourth-order valence-corrected chi connectivity index (χ4v) is 6.98. The summed E-state index contributed by atoms with van der Waals surface area (Å²) in [7, 11) is -2.19. The lowest BCUT2D eigenvalue weighted by Gasteiger charge is -2.40. The Morgan fingerprint density at radius 2 is 1.51 bits per heavy atom. The van der Waals surface area contributed by atoms with E-state index >= 15 is 0 Å². The summed E-state index contributed by atoms with van der Waals surface area (Å²) in [5.41, 5.74) is 8.07. The van der Waals surface area contributed by atoms with Gasteiger partial charge in [0, 0.05) is 18.6 Å². The molecule has 0 aliphatic heterocycles. The topological polar surface area (TPSA) is 88.7 Å². The van der Waals surface area contributed by atoms with E-state index in [1.165, 1.54) is 11.1 Å². The summed E-state index contributed by atoms with van der Waals surface area (Å²) < 4.78 is 13.2. The van der Waals surface area contributed by atoms with Crippen LogP contribution >= 0.6 is 0 Å². The quantitative estimate of drug-likeness (QED) is 0.0754. The third kappa shape index (κ3) is 11.9. The van der Waals surface area contributed by atoms with E-state index in [2.05, 4.69) is 108 Å². The van der Waals surface area contributed by atoms with Crippen LogP contribution in [0.4, 0.5) is 5.69 Å². The first-order valence-corrected chi connectivity index (χ1v) is 20.8. The maximum Gasteiger partial charge on any atom is 0.224 e. The first kappa shape index (κ1) is 39.5. The fraction of sp³-hybridized carbons (Fsp3) is 0.395. The second-order valence-corrected chi connectivity index (χ2v) is 20.5. The largest absolute Gasteiger partial charge is 0.487 e. The van der Waals surface area contributed by atoms with Crippen molar-refractivity contribution in [3.8, 4) is 5.75 Å². The molecule has 0 aromatic heterocycles. The van der Waals surface area contributed by atoms with E-state index in [0.717, 1.165) is 34.2 Å². The molecule has 0 bridgehead atoms. The molecule has 0 spiro atoms. The number of ether oxygens (including phenoxy) is 1. The molecule has 4 rings (SSSR count). The third-order valence-electron chi connectivity index (χ3n) is 9.90. The van der Waals surface area contributed by atoms with Gasteiger partial charge in [0.05, 0.1) is 18.2 Å². The minimum absolute atomic E-state index is 0.00769. The van der Waals surface area contributed by atoms with Crippen LogP contribution in [0.3, 0.4) is 0 Å². The van der Waals surface area contributed by atoms with Crippen molar-refractivity contribution < 1.29 is 18.8 Å². The Morgan fingerprint density at radius 3 is 2.20 bits per heavy atom. The van der Waals surface area contributed by atoms with Crippen LogP contribution < -0.4 is 20.7 Å². The Kier molecular flexibility index (Phi) is 13.4. The number of hydrogen-bond donors (Lipinski definition) is 3. The van der Waals surface area contributed by atoms with Crippen molar-refractivity contribution in [1.29, 1.82) is 0 Å². The van der Waals surface area contributed by atoms with Gasteiger partial charge in [0.1, 0.15) is 12.4 Å². The van der Waals surface area contributed by atoms with Gasteiger partial charge in [0.15, 0.2) is 8.32 Å². The average molecular weight is 708 g/mol. The van der Waals surface area contributed by atoms with Gasteiger partial charge >= 0.3 is 0 Å². The van der Waals surface area contributed by atoms with Crippen LogP contribution in [-0.4, -0.2) is 32.7 Å². The van der Waals surface area contributed by atoms with Crippen molar-refractivity contribution >= 4 is 26.3 Å². The van der Waals surface area contributed by atoms with Crippen molar-refractivity contribution in [3.63, 3.8) is 0 Å². The predicted molar refractivity (Wildman–Crippen MR) is 212 cm³/mol. The third-order valence-corrected chi connectivity index (χ3v) is 14.4. The second-order valence-electron chi connectivity index (χ2n) is 15.8. The Labute approximate surface area is 306 Å². The Bertz CT molecular complexity index is 1770. The molecule has 0 unspecified atom stereocenters. The summed E-state index contributed by atoms with van der Waals surface area (Å²) in [5, 5.41) is 9.73. The zero-order valence-electron chi connectivity index (χ0n) is 32.0. The highest BCUT2D eigenvalue weighted by molar-refractivity contribution is 6.74.